The zero-order valence-corrected chi connectivity index (χ0v) is 17.2. The van der Waals surface area contributed by atoms with Crippen LogP contribution in [0.1, 0.15) is 23.4 Å². The lowest BCUT2D eigenvalue weighted by Crippen LogP contribution is -2.37. The molecule has 7 heteroatoms. The Morgan fingerprint density at radius 1 is 1.11 bits per heavy atom. The summed E-state index contributed by atoms with van der Waals surface area (Å²) in [6.07, 6.45) is 0. The Hall–Kier alpha value is -2.67. The third-order valence-electron chi connectivity index (χ3n) is 4.59. The third kappa shape index (κ3) is 4.25. The minimum Gasteiger partial charge on any atom is -0.493 e. The molecule has 1 aliphatic rings. The van der Waals surface area contributed by atoms with Crippen molar-refractivity contribution >= 4 is 29.3 Å². The summed E-state index contributed by atoms with van der Waals surface area (Å²) in [5, 5.41) is 2.38. The quantitative estimate of drug-likeness (QED) is 0.802. The molecule has 1 saturated heterocycles. The van der Waals surface area contributed by atoms with E-state index in [0.29, 0.717) is 17.2 Å². The molecule has 0 saturated carbocycles. The lowest BCUT2D eigenvalue weighted by Gasteiger charge is -2.24. The summed E-state index contributed by atoms with van der Waals surface area (Å²) >= 11 is 1.52. The van der Waals surface area contributed by atoms with Crippen LogP contribution in [0.3, 0.4) is 0 Å². The molecular formula is C21H24N2O4S. The Labute approximate surface area is 169 Å². The van der Waals surface area contributed by atoms with Crippen molar-refractivity contribution in [2.75, 3.05) is 26.1 Å². The van der Waals surface area contributed by atoms with E-state index in [4.69, 9.17) is 9.47 Å². The highest BCUT2D eigenvalue weighted by atomic mass is 32.2. The average Bonchev–Trinajstić information content (AvgIpc) is 2.97. The molecule has 2 atom stereocenters. The minimum absolute atomic E-state index is 0.0109. The van der Waals surface area contributed by atoms with Crippen molar-refractivity contribution in [1.82, 2.24) is 4.90 Å². The second kappa shape index (κ2) is 8.56. The van der Waals surface area contributed by atoms with Crippen LogP contribution in [-0.2, 0) is 9.59 Å². The van der Waals surface area contributed by atoms with E-state index in [-0.39, 0.29) is 29.0 Å². The normalized spacial score (nSPS) is 18.9. The maximum atomic E-state index is 12.7. The highest BCUT2D eigenvalue weighted by molar-refractivity contribution is 8.01. The summed E-state index contributed by atoms with van der Waals surface area (Å²) in [7, 11) is 3.15. The number of methoxy groups -OCH3 is 2. The molecule has 2 amide bonds. The van der Waals surface area contributed by atoms with Crippen molar-refractivity contribution in [3.8, 4) is 11.5 Å². The molecule has 28 heavy (non-hydrogen) atoms. The van der Waals surface area contributed by atoms with Gasteiger partial charge in [0.05, 0.1) is 19.5 Å². The summed E-state index contributed by atoms with van der Waals surface area (Å²) in [6, 6.07) is 13.1. The summed E-state index contributed by atoms with van der Waals surface area (Å²) in [6.45, 7) is 3.84. The number of nitrogens with zero attached hydrogens (tertiary/aromatic N) is 1. The number of anilines is 1. The van der Waals surface area contributed by atoms with Crippen molar-refractivity contribution in [2.45, 2.75) is 24.5 Å². The Balaban J connectivity index is 1.78. The maximum Gasteiger partial charge on any atom is 0.244 e. The van der Waals surface area contributed by atoms with Crippen LogP contribution < -0.4 is 14.8 Å². The van der Waals surface area contributed by atoms with Crippen LogP contribution in [0.4, 0.5) is 5.69 Å². The number of rotatable bonds is 6. The van der Waals surface area contributed by atoms with E-state index in [9.17, 15) is 9.59 Å². The fourth-order valence-corrected chi connectivity index (χ4v) is 4.36. The predicted molar refractivity (Wildman–Crippen MR) is 111 cm³/mol. The zero-order valence-electron chi connectivity index (χ0n) is 16.4. The van der Waals surface area contributed by atoms with Gasteiger partial charge < -0.3 is 19.7 Å². The van der Waals surface area contributed by atoms with Gasteiger partial charge in [0.1, 0.15) is 11.9 Å². The topological polar surface area (TPSA) is 67.9 Å². The van der Waals surface area contributed by atoms with Gasteiger partial charge in [-0.25, -0.2) is 0 Å². The molecule has 6 nitrogen and oxygen atoms in total. The van der Waals surface area contributed by atoms with Crippen molar-refractivity contribution in [3.05, 3.63) is 53.6 Å². The van der Waals surface area contributed by atoms with E-state index in [0.717, 1.165) is 11.1 Å². The first-order chi connectivity index (χ1) is 13.4. The number of hydrogen-bond donors (Lipinski definition) is 1. The van der Waals surface area contributed by atoms with Gasteiger partial charge in [0, 0.05) is 5.69 Å². The lowest BCUT2D eigenvalue weighted by molar-refractivity contribution is -0.133. The smallest absolute Gasteiger partial charge is 0.244 e. The molecule has 1 aliphatic heterocycles. The van der Waals surface area contributed by atoms with Crippen molar-refractivity contribution in [1.29, 1.82) is 0 Å². The molecule has 148 valence electrons. The highest BCUT2D eigenvalue weighted by Crippen LogP contribution is 2.44. The largest absolute Gasteiger partial charge is 0.493 e. The molecule has 3 rings (SSSR count). The van der Waals surface area contributed by atoms with E-state index in [1.165, 1.54) is 11.8 Å². The monoisotopic (exact) mass is 400 g/mol. The standard InChI is InChI=1S/C21H24N2O4S/c1-13-5-8-16(9-6-13)22-19(24)12-23-20(25)14(2)28-21(23)15-7-10-17(26-3)18(11-15)27-4/h5-11,14,21H,12H2,1-4H3,(H,22,24)/t14-,21+/m1/s1. The first-order valence-electron chi connectivity index (χ1n) is 8.97. The molecule has 1 fully saturated rings. The van der Waals surface area contributed by atoms with Crippen LogP contribution in [0.5, 0.6) is 11.5 Å². The Morgan fingerprint density at radius 3 is 2.43 bits per heavy atom. The molecule has 2 aromatic rings. The van der Waals surface area contributed by atoms with E-state index in [1.807, 2.05) is 56.3 Å². The van der Waals surface area contributed by atoms with Crippen LogP contribution in [-0.4, -0.2) is 42.7 Å². The number of ether oxygens (including phenoxy) is 2. The van der Waals surface area contributed by atoms with Crippen LogP contribution in [0.15, 0.2) is 42.5 Å². The first kappa shape index (κ1) is 20.1. The number of benzene rings is 2. The highest BCUT2D eigenvalue weighted by Gasteiger charge is 2.39. The Kier molecular flexibility index (Phi) is 6.14. The average molecular weight is 401 g/mol. The van der Waals surface area contributed by atoms with Gasteiger partial charge in [0.2, 0.25) is 11.8 Å². The number of carbonyl (C=O) groups excluding carboxylic acids is 2. The second-order valence-corrected chi connectivity index (χ2v) is 8.05. The number of aryl methyl sites for hydroxylation is 1. The van der Waals surface area contributed by atoms with Crippen molar-refractivity contribution < 1.29 is 19.1 Å². The maximum absolute atomic E-state index is 12.7. The molecule has 0 aromatic heterocycles. The van der Waals surface area contributed by atoms with Gasteiger partial charge in [0.25, 0.3) is 0 Å². The van der Waals surface area contributed by atoms with E-state index in [2.05, 4.69) is 5.32 Å². The molecule has 1 N–H and O–H groups in total. The summed E-state index contributed by atoms with van der Waals surface area (Å²) in [5.74, 6) is 0.940. The number of amides is 2. The van der Waals surface area contributed by atoms with Gasteiger partial charge in [-0.05, 0) is 43.7 Å². The summed E-state index contributed by atoms with van der Waals surface area (Å²) in [5.41, 5.74) is 2.72. The fraction of sp³-hybridized carbons (Fsp3) is 0.333. The number of nitrogens with one attached hydrogen (secondary N) is 1. The van der Waals surface area contributed by atoms with Crippen molar-refractivity contribution in [3.63, 3.8) is 0 Å². The fourth-order valence-electron chi connectivity index (χ4n) is 3.09. The molecule has 2 aromatic carbocycles. The van der Waals surface area contributed by atoms with Gasteiger partial charge in [0.15, 0.2) is 11.5 Å². The van der Waals surface area contributed by atoms with E-state index < -0.39 is 0 Å². The summed E-state index contributed by atoms with van der Waals surface area (Å²) in [4.78, 5) is 26.8. The third-order valence-corrected chi connectivity index (χ3v) is 5.98. The molecular weight excluding hydrogens is 376 g/mol. The predicted octanol–water partition coefficient (Wildman–Crippen LogP) is 3.61. The Bertz CT molecular complexity index is 869. The van der Waals surface area contributed by atoms with Crippen LogP contribution in [0, 0.1) is 6.92 Å². The number of thioether (sulfide) groups is 1. The van der Waals surface area contributed by atoms with Crippen LogP contribution >= 0.6 is 11.8 Å². The van der Waals surface area contributed by atoms with E-state index in [1.54, 1.807) is 19.1 Å². The second-order valence-electron chi connectivity index (χ2n) is 6.63. The van der Waals surface area contributed by atoms with Gasteiger partial charge in [-0.15, -0.1) is 11.8 Å². The molecule has 0 unspecified atom stereocenters. The van der Waals surface area contributed by atoms with Gasteiger partial charge >= 0.3 is 0 Å². The molecule has 1 heterocycles. The Morgan fingerprint density at radius 2 is 1.79 bits per heavy atom. The number of carbonyl (C=O) groups is 2. The first-order valence-corrected chi connectivity index (χ1v) is 9.91. The minimum atomic E-state index is -0.258. The van der Waals surface area contributed by atoms with Gasteiger partial charge in [-0.3, -0.25) is 9.59 Å². The number of hydrogen-bond acceptors (Lipinski definition) is 5. The molecule has 0 aliphatic carbocycles. The van der Waals surface area contributed by atoms with Crippen molar-refractivity contribution in [2.24, 2.45) is 0 Å². The van der Waals surface area contributed by atoms with Crippen LogP contribution in [0.2, 0.25) is 0 Å². The van der Waals surface area contributed by atoms with Crippen LogP contribution in [0.25, 0.3) is 0 Å². The summed E-state index contributed by atoms with van der Waals surface area (Å²) < 4.78 is 10.7. The lowest BCUT2D eigenvalue weighted by atomic mass is 10.1. The van der Waals surface area contributed by atoms with Gasteiger partial charge in [-0.1, -0.05) is 23.8 Å². The zero-order chi connectivity index (χ0) is 20.3. The molecule has 0 spiro atoms. The van der Waals surface area contributed by atoms with Gasteiger partial charge in [-0.2, -0.15) is 0 Å². The molecule has 0 radical (unpaired) electrons. The molecule has 0 bridgehead atoms. The van der Waals surface area contributed by atoms with E-state index >= 15 is 0 Å². The SMILES string of the molecule is COc1ccc([C@@H]2S[C@H](C)C(=O)N2CC(=O)Nc2ccc(C)cc2)cc1OC.